The quantitative estimate of drug-likeness (QED) is 0.0731. The predicted octanol–water partition coefficient (Wildman–Crippen LogP) is 7.75. The van der Waals surface area contributed by atoms with Crippen molar-refractivity contribution >= 4 is 8.32 Å². The molecule has 0 amide bonds. The molecule has 1 aromatic carbocycles. The Labute approximate surface area is 257 Å². The maximum Gasteiger partial charge on any atom is 0.200 e. The van der Waals surface area contributed by atoms with Gasteiger partial charge in [0.2, 0.25) is 8.32 Å². The molecule has 1 fully saturated rings. The molecular formula is C34H60O7Si. The molecule has 42 heavy (non-hydrogen) atoms. The summed E-state index contributed by atoms with van der Waals surface area (Å²) in [7, 11) is -0.684. The van der Waals surface area contributed by atoms with Crippen molar-refractivity contribution < 1.29 is 32.8 Å². The van der Waals surface area contributed by atoms with Gasteiger partial charge in [-0.15, -0.1) is 6.58 Å². The highest BCUT2D eigenvalue weighted by Gasteiger charge is 2.53. The highest BCUT2D eigenvalue weighted by Crippen LogP contribution is 2.46. The molecule has 8 heteroatoms. The summed E-state index contributed by atoms with van der Waals surface area (Å²) in [5.74, 6) is -0.0985. The lowest BCUT2D eigenvalue weighted by molar-refractivity contribution is -0.230. The number of rotatable bonds is 18. The lowest BCUT2D eigenvalue weighted by Crippen LogP contribution is -2.56. The smallest absolute Gasteiger partial charge is 0.200 e. The van der Waals surface area contributed by atoms with Crippen LogP contribution in [-0.2, 0) is 39.5 Å². The van der Waals surface area contributed by atoms with Crippen LogP contribution in [0.1, 0.15) is 74.8 Å². The van der Waals surface area contributed by atoms with Gasteiger partial charge in [-0.3, -0.25) is 0 Å². The largest absolute Gasteiger partial charge is 0.410 e. The molecule has 1 saturated heterocycles. The van der Waals surface area contributed by atoms with Gasteiger partial charge in [-0.2, -0.15) is 0 Å². The third-order valence-corrected chi connectivity index (χ3v) is 14.9. The molecule has 1 aliphatic heterocycles. The Hall–Kier alpha value is -1.10. The molecule has 0 bridgehead atoms. The molecule has 242 valence electrons. The molecule has 0 spiro atoms. The molecule has 8 atom stereocenters. The molecule has 0 saturated carbocycles. The van der Waals surface area contributed by atoms with E-state index in [0.717, 1.165) is 5.56 Å². The van der Waals surface area contributed by atoms with Crippen LogP contribution in [0, 0.1) is 11.8 Å². The Balaban J connectivity index is 2.69. The lowest BCUT2D eigenvalue weighted by atomic mass is 9.88. The number of ether oxygens (including phenoxy) is 6. The maximum absolute atomic E-state index is 7.54. The van der Waals surface area contributed by atoms with Crippen LogP contribution in [0.25, 0.3) is 0 Å². The average molecular weight is 609 g/mol. The van der Waals surface area contributed by atoms with E-state index in [1.54, 1.807) is 7.11 Å². The topological polar surface area (TPSA) is 64.6 Å². The van der Waals surface area contributed by atoms with E-state index in [4.69, 9.17) is 32.8 Å². The van der Waals surface area contributed by atoms with Crippen LogP contribution in [0.15, 0.2) is 43.0 Å². The molecule has 1 aliphatic rings. The van der Waals surface area contributed by atoms with Gasteiger partial charge >= 0.3 is 0 Å². The first-order chi connectivity index (χ1) is 19.9. The summed E-state index contributed by atoms with van der Waals surface area (Å²) in [6.07, 6.45) is -0.266. The van der Waals surface area contributed by atoms with Crippen LogP contribution < -0.4 is 0 Å². The fourth-order valence-electron chi connectivity index (χ4n) is 6.80. The number of hydrogen-bond donors (Lipinski definition) is 0. The first-order valence-electron chi connectivity index (χ1n) is 15.9. The van der Waals surface area contributed by atoms with Crippen molar-refractivity contribution in [2.45, 2.75) is 129 Å². The Bertz CT molecular complexity index is 858. The molecular weight excluding hydrogens is 548 g/mol. The minimum absolute atomic E-state index is 0.0233. The van der Waals surface area contributed by atoms with E-state index < -0.39 is 20.7 Å². The van der Waals surface area contributed by atoms with E-state index in [1.807, 2.05) is 38.1 Å². The van der Waals surface area contributed by atoms with E-state index in [-0.39, 0.29) is 43.0 Å². The minimum Gasteiger partial charge on any atom is -0.410 e. The van der Waals surface area contributed by atoms with Crippen LogP contribution in [0.4, 0.5) is 0 Å². The van der Waals surface area contributed by atoms with Gasteiger partial charge in [0.25, 0.3) is 0 Å². The maximum atomic E-state index is 7.54. The van der Waals surface area contributed by atoms with Crippen molar-refractivity contribution in [2.24, 2.45) is 11.8 Å². The average Bonchev–Trinajstić information content (AvgIpc) is 3.04. The highest BCUT2D eigenvalue weighted by atomic mass is 28.4. The van der Waals surface area contributed by atoms with Gasteiger partial charge in [0.05, 0.1) is 31.5 Å². The Morgan fingerprint density at radius 2 is 1.55 bits per heavy atom. The zero-order chi connectivity index (χ0) is 31.4. The molecule has 1 heterocycles. The predicted molar refractivity (Wildman–Crippen MR) is 172 cm³/mol. The second-order valence-corrected chi connectivity index (χ2v) is 18.1. The van der Waals surface area contributed by atoms with Crippen molar-refractivity contribution in [1.29, 1.82) is 0 Å². The second kappa shape index (κ2) is 18.0. The fourth-order valence-corrected chi connectivity index (χ4v) is 12.5. The third-order valence-electron chi connectivity index (χ3n) is 8.84. The molecule has 0 aromatic heterocycles. The van der Waals surface area contributed by atoms with E-state index in [1.165, 1.54) is 0 Å². The van der Waals surface area contributed by atoms with Gasteiger partial charge in [0.1, 0.15) is 19.0 Å². The first kappa shape index (κ1) is 37.1. The number of benzene rings is 1. The summed E-state index contributed by atoms with van der Waals surface area (Å²) in [5.41, 5.74) is 2.33. The molecule has 1 aromatic rings. The molecule has 0 N–H and O–H groups in total. The third kappa shape index (κ3) is 9.45. The summed E-state index contributed by atoms with van der Waals surface area (Å²) in [4.78, 5) is 0. The normalized spacial score (nSPS) is 26.9. The van der Waals surface area contributed by atoms with E-state index in [2.05, 4.69) is 74.1 Å². The van der Waals surface area contributed by atoms with Crippen LogP contribution in [0.5, 0.6) is 0 Å². The molecule has 1 unspecified atom stereocenters. The molecule has 7 nitrogen and oxygen atoms in total. The van der Waals surface area contributed by atoms with Crippen molar-refractivity contribution in [1.82, 2.24) is 0 Å². The summed E-state index contributed by atoms with van der Waals surface area (Å²) in [6.45, 7) is 27.7. The van der Waals surface area contributed by atoms with Crippen molar-refractivity contribution in [3.05, 3.63) is 48.6 Å². The van der Waals surface area contributed by atoms with Crippen LogP contribution >= 0.6 is 0 Å². The second-order valence-electron chi connectivity index (χ2n) is 12.7. The van der Waals surface area contributed by atoms with Crippen molar-refractivity contribution in [3.8, 4) is 0 Å². The Morgan fingerprint density at radius 3 is 2.07 bits per heavy atom. The van der Waals surface area contributed by atoms with E-state index >= 15 is 0 Å². The zero-order valence-electron chi connectivity index (χ0n) is 28.2. The highest BCUT2D eigenvalue weighted by molar-refractivity contribution is 6.77. The van der Waals surface area contributed by atoms with Crippen LogP contribution in [0.2, 0.25) is 16.6 Å². The molecule has 2 rings (SSSR count). The summed E-state index contributed by atoms with van der Waals surface area (Å²) < 4.78 is 45.2. The summed E-state index contributed by atoms with van der Waals surface area (Å²) in [5, 5.41) is 0. The molecule has 0 aliphatic carbocycles. The Morgan fingerprint density at radius 1 is 0.929 bits per heavy atom. The zero-order valence-corrected chi connectivity index (χ0v) is 29.2. The standard InChI is InChI=1S/C34H60O7Si/c1-13-26(9)31-34(39-28(11)37-14-2)33(38-20-29-18-16-15-17-19-29)27(10)32(30(40-31)21-36-22-35-12)41-42(23(3)4,24(5)6)25(7)8/h13,15-19,23-28,30-34H,1,14,20-22H2,2-12H3/t26-,27+,28?,30-,31+,32+,33-,34+/m0/s1. The van der Waals surface area contributed by atoms with Gasteiger partial charge in [0, 0.05) is 25.6 Å². The number of hydrogen-bond acceptors (Lipinski definition) is 7. The molecule has 0 radical (unpaired) electrons. The summed E-state index contributed by atoms with van der Waals surface area (Å²) in [6, 6.07) is 10.3. The number of methoxy groups -OCH3 is 1. The van der Waals surface area contributed by atoms with Gasteiger partial charge < -0.3 is 32.8 Å². The van der Waals surface area contributed by atoms with Crippen LogP contribution in [0.3, 0.4) is 0 Å². The lowest BCUT2D eigenvalue weighted by Gasteiger charge is -2.47. The summed E-state index contributed by atoms with van der Waals surface area (Å²) >= 11 is 0. The Kier molecular flexibility index (Phi) is 15.9. The van der Waals surface area contributed by atoms with Gasteiger partial charge in [-0.25, -0.2) is 0 Å². The minimum atomic E-state index is -2.32. The fraction of sp³-hybridized carbons (Fsp3) is 0.765. The monoisotopic (exact) mass is 608 g/mol. The van der Waals surface area contributed by atoms with Gasteiger partial charge in [-0.05, 0) is 36.0 Å². The van der Waals surface area contributed by atoms with Gasteiger partial charge in [-0.1, -0.05) is 91.8 Å². The van der Waals surface area contributed by atoms with E-state index in [9.17, 15) is 0 Å². The van der Waals surface area contributed by atoms with Crippen molar-refractivity contribution in [3.63, 3.8) is 0 Å². The van der Waals surface area contributed by atoms with Crippen molar-refractivity contribution in [2.75, 3.05) is 27.1 Å². The van der Waals surface area contributed by atoms with Gasteiger partial charge in [0.15, 0.2) is 6.29 Å². The van der Waals surface area contributed by atoms with Crippen LogP contribution in [-0.4, -0.2) is 72.2 Å². The first-order valence-corrected chi connectivity index (χ1v) is 18.0. The van der Waals surface area contributed by atoms with E-state index in [0.29, 0.717) is 36.4 Å². The SMILES string of the molecule is C=C[C@H](C)[C@H]1O[C@@H](COCOC)[C@H](O[Si](C(C)C)(C(C)C)C(C)C)[C@@H](C)[C@H](OCc2ccccc2)[C@@H]1OC(C)OCC.